The lowest BCUT2D eigenvalue weighted by Gasteiger charge is -2.05. The molecule has 0 aliphatic carbocycles. The fraction of sp³-hybridized carbons (Fsp3) is 0.800. The summed E-state index contributed by atoms with van der Waals surface area (Å²) in [5, 5.41) is 9.08. The first-order valence-electron chi connectivity index (χ1n) is 9.98. The topological polar surface area (TPSA) is 46.1 Å². The molecule has 1 heterocycles. The SMILES string of the molecule is CCCCCCCCCCCc1n(CCCC)cc[n+]1CC(=O)O. The van der Waals surface area contributed by atoms with E-state index in [1.807, 2.05) is 17.0 Å². The molecule has 0 aliphatic rings. The van der Waals surface area contributed by atoms with Crippen molar-refractivity contribution in [3.63, 3.8) is 0 Å². The quantitative estimate of drug-likeness (QED) is 0.371. The zero-order valence-electron chi connectivity index (χ0n) is 15.8. The Morgan fingerprint density at radius 1 is 0.958 bits per heavy atom. The molecule has 0 fully saturated rings. The van der Waals surface area contributed by atoms with E-state index in [0.717, 1.165) is 32.2 Å². The molecule has 1 rings (SSSR count). The van der Waals surface area contributed by atoms with Crippen LogP contribution >= 0.6 is 0 Å². The van der Waals surface area contributed by atoms with Gasteiger partial charge in [0.2, 0.25) is 0 Å². The first kappa shape index (κ1) is 20.7. The molecule has 4 nitrogen and oxygen atoms in total. The number of carbonyl (C=O) groups is 1. The highest BCUT2D eigenvalue weighted by atomic mass is 16.4. The second-order valence-corrected chi connectivity index (χ2v) is 6.86. The molecule has 1 N–H and O–H groups in total. The van der Waals surface area contributed by atoms with Gasteiger partial charge in [-0.25, -0.2) is 13.9 Å². The molecule has 0 atom stereocenters. The fourth-order valence-electron chi connectivity index (χ4n) is 3.20. The fourth-order valence-corrected chi connectivity index (χ4v) is 3.20. The predicted octanol–water partition coefficient (Wildman–Crippen LogP) is 4.73. The number of hydrogen-bond donors (Lipinski definition) is 1. The van der Waals surface area contributed by atoms with E-state index in [1.165, 1.54) is 57.2 Å². The molecule has 0 amide bonds. The van der Waals surface area contributed by atoms with E-state index in [-0.39, 0.29) is 6.54 Å². The lowest BCUT2D eigenvalue weighted by atomic mass is 10.1. The first-order chi connectivity index (χ1) is 11.7. The van der Waals surface area contributed by atoms with E-state index in [2.05, 4.69) is 18.4 Å². The minimum atomic E-state index is -0.762. The molecule has 0 unspecified atom stereocenters. The molecule has 1 aromatic rings. The van der Waals surface area contributed by atoms with Gasteiger partial charge in [0.25, 0.3) is 5.82 Å². The van der Waals surface area contributed by atoms with E-state index in [9.17, 15) is 4.79 Å². The van der Waals surface area contributed by atoms with Crippen molar-refractivity contribution in [2.75, 3.05) is 0 Å². The summed E-state index contributed by atoms with van der Waals surface area (Å²) in [4.78, 5) is 11.0. The van der Waals surface area contributed by atoms with Crippen molar-refractivity contribution < 1.29 is 14.5 Å². The third kappa shape index (κ3) is 8.51. The van der Waals surface area contributed by atoms with Crippen LogP contribution in [0.3, 0.4) is 0 Å². The Bertz CT molecular complexity index is 454. The van der Waals surface area contributed by atoms with Gasteiger partial charge in [-0.1, -0.05) is 71.6 Å². The highest BCUT2D eigenvalue weighted by Crippen LogP contribution is 2.11. The number of carboxylic acid groups (broad SMARTS) is 1. The number of carboxylic acids is 1. The summed E-state index contributed by atoms with van der Waals surface area (Å²) < 4.78 is 4.15. The number of rotatable bonds is 15. The van der Waals surface area contributed by atoms with Gasteiger partial charge in [0.15, 0.2) is 6.54 Å². The van der Waals surface area contributed by atoms with Crippen molar-refractivity contribution in [1.29, 1.82) is 0 Å². The Kier molecular flexibility index (Phi) is 11.2. The van der Waals surface area contributed by atoms with Gasteiger partial charge >= 0.3 is 5.97 Å². The second kappa shape index (κ2) is 13.0. The third-order valence-corrected chi connectivity index (χ3v) is 4.65. The third-order valence-electron chi connectivity index (χ3n) is 4.65. The first-order valence-corrected chi connectivity index (χ1v) is 9.98. The molecule has 0 radical (unpaired) electrons. The van der Waals surface area contributed by atoms with Crippen LogP contribution in [-0.4, -0.2) is 15.6 Å². The molecule has 138 valence electrons. The zero-order valence-corrected chi connectivity index (χ0v) is 15.8. The van der Waals surface area contributed by atoms with Crippen molar-refractivity contribution >= 4 is 5.97 Å². The molecule has 4 heteroatoms. The van der Waals surface area contributed by atoms with Crippen LogP contribution in [0.15, 0.2) is 12.4 Å². The highest BCUT2D eigenvalue weighted by molar-refractivity contribution is 5.64. The minimum absolute atomic E-state index is 0.0753. The molecular weight excluding hydrogens is 300 g/mol. The number of imidazole rings is 1. The number of aliphatic carboxylic acids is 1. The summed E-state index contributed by atoms with van der Waals surface area (Å²) in [6, 6.07) is 0. The zero-order chi connectivity index (χ0) is 17.6. The Morgan fingerprint density at radius 3 is 2.12 bits per heavy atom. The largest absolute Gasteiger partial charge is 0.478 e. The van der Waals surface area contributed by atoms with Crippen molar-refractivity contribution in [1.82, 2.24) is 4.57 Å². The van der Waals surface area contributed by atoms with Gasteiger partial charge in [-0.15, -0.1) is 0 Å². The molecule has 0 spiro atoms. The molecule has 1 aromatic heterocycles. The van der Waals surface area contributed by atoms with Gasteiger partial charge in [-0.2, -0.15) is 0 Å². The summed E-state index contributed by atoms with van der Waals surface area (Å²) in [7, 11) is 0. The molecule has 24 heavy (non-hydrogen) atoms. The normalized spacial score (nSPS) is 11.1. The molecule has 0 aliphatic heterocycles. The molecule has 0 saturated carbocycles. The van der Waals surface area contributed by atoms with E-state index in [0.29, 0.717) is 0 Å². The molecule has 0 bridgehead atoms. The van der Waals surface area contributed by atoms with Crippen LogP contribution in [0.5, 0.6) is 0 Å². The lowest BCUT2D eigenvalue weighted by Crippen LogP contribution is -2.41. The summed E-state index contributed by atoms with van der Waals surface area (Å²) in [6.07, 6.45) is 19.1. The van der Waals surface area contributed by atoms with E-state index < -0.39 is 5.97 Å². The van der Waals surface area contributed by atoms with Gasteiger partial charge < -0.3 is 5.11 Å². The van der Waals surface area contributed by atoms with E-state index in [4.69, 9.17) is 5.11 Å². The van der Waals surface area contributed by atoms with Crippen LogP contribution in [0.1, 0.15) is 90.3 Å². The Balaban J connectivity index is 2.33. The number of nitrogens with zero attached hydrogens (tertiary/aromatic N) is 2. The Morgan fingerprint density at radius 2 is 1.54 bits per heavy atom. The summed E-state index contributed by atoms with van der Waals surface area (Å²) in [6.45, 7) is 5.52. The van der Waals surface area contributed by atoms with Crippen molar-refractivity contribution in [3.05, 3.63) is 18.2 Å². The number of unbranched alkanes of at least 4 members (excludes halogenated alkanes) is 9. The van der Waals surface area contributed by atoms with Gasteiger partial charge in [0.1, 0.15) is 12.4 Å². The second-order valence-electron chi connectivity index (χ2n) is 6.86. The maximum absolute atomic E-state index is 11.0. The van der Waals surface area contributed by atoms with Crippen LogP contribution in [-0.2, 0) is 24.3 Å². The summed E-state index contributed by atoms with van der Waals surface area (Å²) in [5.74, 6) is 0.412. The Hall–Kier alpha value is -1.32. The van der Waals surface area contributed by atoms with Crippen molar-refractivity contribution in [3.8, 4) is 0 Å². The minimum Gasteiger partial charge on any atom is -0.478 e. The average molecular weight is 338 g/mol. The summed E-state index contributed by atoms with van der Waals surface area (Å²) >= 11 is 0. The number of aromatic nitrogens is 2. The van der Waals surface area contributed by atoms with Gasteiger partial charge in [0.05, 0.1) is 6.54 Å². The number of hydrogen-bond acceptors (Lipinski definition) is 1. The van der Waals surface area contributed by atoms with Gasteiger partial charge in [0, 0.05) is 6.42 Å². The Labute approximate surface area is 147 Å². The average Bonchev–Trinajstić information content (AvgIpc) is 2.92. The van der Waals surface area contributed by atoms with Crippen molar-refractivity contribution in [2.24, 2.45) is 0 Å². The molecule has 0 aromatic carbocycles. The standard InChI is InChI=1S/C20H36N2O2/c1-3-5-7-8-9-10-11-12-13-14-19-21(15-6-4-2)16-17-22(19)18-20(23)24/h16-17H,3-15,18H2,1-2H3/p+1. The summed E-state index contributed by atoms with van der Waals surface area (Å²) in [5.41, 5.74) is 0. The maximum Gasteiger partial charge on any atom is 0.346 e. The van der Waals surface area contributed by atoms with Crippen molar-refractivity contribution in [2.45, 2.75) is 104 Å². The maximum atomic E-state index is 11.0. The predicted molar refractivity (Wildman–Crippen MR) is 98.1 cm³/mol. The van der Waals surface area contributed by atoms with Crippen LogP contribution in [0.2, 0.25) is 0 Å². The number of aryl methyl sites for hydroxylation is 1. The molecule has 0 saturated heterocycles. The van der Waals surface area contributed by atoms with Crippen LogP contribution < -0.4 is 4.57 Å². The van der Waals surface area contributed by atoms with Gasteiger partial charge in [-0.3, -0.25) is 0 Å². The highest BCUT2D eigenvalue weighted by Gasteiger charge is 2.18. The monoisotopic (exact) mass is 337 g/mol. The molecular formula is C20H37N2O2+. The van der Waals surface area contributed by atoms with E-state index in [1.54, 1.807) is 0 Å². The lowest BCUT2D eigenvalue weighted by molar-refractivity contribution is -0.692. The van der Waals surface area contributed by atoms with Crippen LogP contribution in [0.25, 0.3) is 0 Å². The van der Waals surface area contributed by atoms with Gasteiger partial charge in [-0.05, 0) is 12.8 Å². The van der Waals surface area contributed by atoms with Crippen LogP contribution in [0, 0.1) is 0 Å². The smallest absolute Gasteiger partial charge is 0.346 e. The van der Waals surface area contributed by atoms with E-state index >= 15 is 0 Å². The van der Waals surface area contributed by atoms with Crippen LogP contribution in [0.4, 0.5) is 0 Å².